The molecule has 0 atom stereocenters. The predicted molar refractivity (Wildman–Crippen MR) is 121 cm³/mol. The number of hydrogen-bond acceptors (Lipinski definition) is 4. The Labute approximate surface area is 175 Å². The third-order valence-electron chi connectivity index (χ3n) is 5.35. The fourth-order valence-electron chi connectivity index (χ4n) is 3.53. The molecule has 0 aliphatic carbocycles. The van der Waals surface area contributed by atoms with Crippen LogP contribution in [0.15, 0.2) is 47.6 Å². The van der Waals surface area contributed by atoms with Crippen LogP contribution in [0.4, 0.5) is 5.82 Å². The fourth-order valence-corrected chi connectivity index (χ4v) is 3.53. The van der Waals surface area contributed by atoms with E-state index in [1.54, 1.807) is 0 Å². The number of aliphatic imine (C=N–C) groups is 1. The lowest BCUT2D eigenvalue weighted by Gasteiger charge is -2.33. The molecule has 1 aliphatic heterocycles. The second-order valence-electron chi connectivity index (χ2n) is 7.48. The van der Waals surface area contributed by atoms with Crippen LogP contribution < -0.4 is 15.5 Å². The molecule has 0 unspecified atom stereocenters. The minimum Gasteiger partial charge on any atom is -0.357 e. The maximum absolute atomic E-state index is 4.79. The van der Waals surface area contributed by atoms with Gasteiger partial charge in [-0.1, -0.05) is 31.2 Å². The van der Waals surface area contributed by atoms with E-state index in [2.05, 4.69) is 82.7 Å². The van der Waals surface area contributed by atoms with Crippen LogP contribution in [-0.2, 0) is 19.5 Å². The number of likely N-dealkylation sites (N-methyl/N-ethyl adjacent to an activating group) is 1. The Hall–Kier alpha value is -2.60. The van der Waals surface area contributed by atoms with Gasteiger partial charge in [0.1, 0.15) is 5.82 Å². The highest BCUT2D eigenvalue weighted by atomic mass is 15.3. The molecule has 1 aromatic carbocycles. The summed E-state index contributed by atoms with van der Waals surface area (Å²) >= 11 is 0. The summed E-state index contributed by atoms with van der Waals surface area (Å²) in [6.45, 7) is 10.7. The second kappa shape index (κ2) is 10.8. The molecule has 0 bridgehead atoms. The van der Waals surface area contributed by atoms with Crippen molar-refractivity contribution in [3.63, 3.8) is 0 Å². The molecular weight excluding hydrogens is 360 g/mol. The molecule has 1 saturated heterocycles. The van der Waals surface area contributed by atoms with E-state index in [-0.39, 0.29) is 0 Å². The Morgan fingerprint density at radius 3 is 2.52 bits per heavy atom. The number of anilines is 1. The van der Waals surface area contributed by atoms with Crippen molar-refractivity contribution in [2.45, 2.75) is 33.4 Å². The largest absolute Gasteiger partial charge is 0.357 e. The number of aryl methyl sites for hydroxylation is 1. The molecule has 0 spiro atoms. The highest BCUT2D eigenvalue weighted by Gasteiger charge is 2.15. The van der Waals surface area contributed by atoms with E-state index in [0.29, 0.717) is 6.54 Å². The molecular formula is C23H34N6. The Kier molecular flexibility index (Phi) is 7.87. The van der Waals surface area contributed by atoms with Crippen molar-refractivity contribution in [2.24, 2.45) is 4.99 Å². The Balaban J connectivity index is 1.63. The molecule has 0 amide bonds. The summed E-state index contributed by atoms with van der Waals surface area (Å²) in [5.74, 6) is 1.90. The van der Waals surface area contributed by atoms with E-state index in [0.717, 1.165) is 57.5 Å². The standard InChI is InChI=1S/C23H34N6/c1-4-20-8-6-7-9-21(20)18-27-23(24-5-2)26-17-19-10-11-25-22(16-19)29-14-12-28(3)13-15-29/h6-11,16H,4-5,12-15,17-18H2,1-3H3,(H2,24,26,27). The van der Waals surface area contributed by atoms with Crippen LogP contribution in [0.1, 0.15) is 30.5 Å². The molecule has 2 N–H and O–H groups in total. The van der Waals surface area contributed by atoms with E-state index in [1.807, 2.05) is 6.20 Å². The molecule has 2 heterocycles. The maximum Gasteiger partial charge on any atom is 0.191 e. The van der Waals surface area contributed by atoms with Gasteiger partial charge in [0.05, 0.1) is 6.54 Å². The quantitative estimate of drug-likeness (QED) is 0.559. The van der Waals surface area contributed by atoms with Crippen LogP contribution in [0, 0.1) is 0 Å². The van der Waals surface area contributed by atoms with Crippen molar-refractivity contribution >= 4 is 11.8 Å². The van der Waals surface area contributed by atoms with E-state index in [1.165, 1.54) is 16.7 Å². The molecule has 2 aromatic rings. The third-order valence-corrected chi connectivity index (χ3v) is 5.35. The molecule has 0 radical (unpaired) electrons. The van der Waals surface area contributed by atoms with Crippen LogP contribution in [0.2, 0.25) is 0 Å². The number of pyridine rings is 1. The number of hydrogen-bond donors (Lipinski definition) is 2. The van der Waals surface area contributed by atoms with Crippen molar-refractivity contribution in [1.82, 2.24) is 20.5 Å². The molecule has 29 heavy (non-hydrogen) atoms. The van der Waals surface area contributed by atoms with Gasteiger partial charge >= 0.3 is 0 Å². The molecule has 1 fully saturated rings. The van der Waals surface area contributed by atoms with E-state index in [4.69, 9.17) is 4.99 Å². The first kappa shape index (κ1) is 21.1. The minimum atomic E-state index is 0.633. The summed E-state index contributed by atoms with van der Waals surface area (Å²) < 4.78 is 0. The lowest BCUT2D eigenvalue weighted by atomic mass is 10.1. The number of nitrogens with one attached hydrogen (secondary N) is 2. The smallest absolute Gasteiger partial charge is 0.191 e. The van der Waals surface area contributed by atoms with Gasteiger partial charge in [-0.05, 0) is 49.2 Å². The van der Waals surface area contributed by atoms with E-state index in [9.17, 15) is 0 Å². The molecule has 6 nitrogen and oxygen atoms in total. The zero-order chi connectivity index (χ0) is 20.5. The first-order chi connectivity index (χ1) is 14.2. The second-order valence-corrected chi connectivity index (χ2v) is 7.48. The summed E-state index contributed by atoms with van der Waals surface area (Å²) in [6, 6.07) is 12.8. The van der Waals surface area contributed by atoms with Gasteiger partial charge in [0.2, 0.25) is 0 Å². The molecule has 1 aromatic heterocycles. The number of piperazine rings is 1. The van der Waals surface area contributed by atoms with Gasteiger partial charge in [0, 0.05) is 45.5 Å². The van der Waals surface area contributed by atoms with Crippen LogP contribution in [0.25, 0.3) is 0 Å². The number of aromatic nitrogens is 1. The highest BCUT2D eigenvalue weighted by molar-refractivity contribution is 5.79. The Bertz CT molecular complexity index is 795. The fraction of sp³-hybridized carbons (Fsp3) is 0.478. The lowest BCUT2D eigenvalue weighted by molar-refractivity contribution is 0.312. The predicted octanol–water partition coefficient (Wildman–Crippen LogP) is 2.65. The van der Waals surface area contributed by atoms with Gasteiger partial charge < -0.3 is 20.4 Å². The number of benzene rings is 1. The van der Waals surface area contributed by atoms with E-state index < -0.39 is 0 Å². The molecule has 156 valence electrons. The maximum atomic E-state index is 4.79. The first-order valence-corrected chi connectivity index (χ1v) is 10.7. The van der Waals surface area contributed by atoms with Crippen molar-refractivity contribution < 1.29 is 0 Å². The average Bonchev–Trinajstić information content (AvgIpc) is 2.76. The summed E-state index contributed by atoms with van der Waals surface area (Å²) in [5, 5.41) is 6.82. The lowest BCUT2D eigenvalue weighted by Crippen LogP contribution is -2.44. The molecule has 3 rings (SSSR count). The summed E-state index contributed by atoms with van der Waals surface area (Å²) in [7, 11) is 2.17. The van der Waals surface area contributed by atoms with Gasteiger partial charge in [-0.2, -0.15) is 0 Å². The Morgan fingerprint density at radius 2 is 1.79 bits per heavy atom. The van der Waals surface area contributed by atoms with Crippen LogP contribution in [0.3, 0.4) is 0 Å². The summed E-state index contributed by atoms with van der Waals surface area (Å²) in [6.07, 6.45) is 2.94. The normalized spacial score (nSPS) is 15.4. The van der Waals surface area contributed by atoms with Gasteiger partial charge in [-0.25, -0.2) is 9.98 Å². The summed E-state index contributed by atoms with van der Waals surface area (Å²) in [4.78, 5) is 14.1. The van der Waals surface area contributed by atoms with Crippen molar-refractivity contribution in [3.8, 4) is 0 Å². The van der Waals surface area contributed by atoms with Crippen molar-refractivity contribution in [1.29, 1.82) is 0 Å². The van der Waals surface area contributed by atoms with Gasteiger partial charge in [0.25, 0.3) is 0 Å². The van der Waals surface area contributed by atoms with Gasteiger partial charge in [0.15, 0.2) is 5.96 Å². The average molecular weight is 395 g/mol. The van der Waals surface area contributed by atoms with Gasteiger partial charge in [-0.3, -0.25) is 0 Å². The van der Waals surface area contributed by atoms with Crippen molar-refractivity contribution in [3.05, 3.63) is 59.3 Å². The van der Waals surface area contributed by atoms with Gasteiger partial charge in [-0.15, -0.1) is 0 Å². The summed E-state index contributed by atoms with van der Waals surface area (Å²) in [5.41, 5.74) is 3.88. The Morgan fingerprint density at radius 1 is 1.03 bits per heavy atom. The topological polar surface area (TPSA) is 55.8 Å². The van der Waals surface area contributed by atoms with Crippen LogP contribution >= 0.6 is 0 Å². The highest BCUT2D eigenvalue weighted by Crippen LogP contribution is 2.15. The zero-order valence-electron chi connectivity index (χ0n) is 18.0. The SMILES string of the molecule is CCNC(=NCc1ccnc(N2CCN(C)CC2)c1)NCc1ccccc1CC. The third kappa shape index (κ3) is 6.19. The number of rotatable bonds is 7. The van der Waals surface area contributed by atoms with Crippen LogP contribution in [-0.4, -0.2) is 55.6 Å². The molecule has 1 aliphatic rings. The minimum absolute atomic E-state index is 0.633. The zero-order valence-corrected chi connectivity index (χ0v) is 18.0. The molecule has 6 heteroatoms. The van der Waals surface area contributed by atoms with Crippen LogP contribution in [0.5, 0.6) is 0 Å². The van der Waals surface area contributed by atoms with Crippen molar-refractivity contribution in [2.75, 3.05) is 44.7 Å². The first-order valence-electron chi connectivity index (χ1n) is 10.7. The van der Waals surface area contributed by atoms with E-state index >= 15 is 0 Å². The number of nitrogens with zero attached hydrogens (tertiary/aromatic N) is 4. The number of guanidine groups is 1. The monoisotopic (exact) mass is 394 g/mol. The molecule has 0 saturated carbocycles.